The first-order valence-electron chi connectivity index (χ1n) is 11.8. The second kappa shape index (κ2) is 7.74. The summed E-state index contributed by atoms with van der Waals surface area (Å²) in [6.45, 7) is 5.96. The van der Waals surface area contributed by atoms with Gasteiger partial charge in [0.2, 0.25) is 0 Å². The van der Waals surface area contributed by atoms with Gasteiger partial charge in [-0.2, -0.15) is 0 Å². The minimum Gasteiger partial charge on any atom is -0.465 e. The molecule has 3 heteroatoms. The van der Waals surface area contributed by atoms with Gasteiger partial charge < -0.3 is 14.6 Å². The molecule has 2 saturated carbocycles. The summed E-state index contributed by atoms with van der Waals surface area (Å²) in [5.41, 5.74) is 4.90. The SMILES string of the molecule is CC1Cc2cc(OC3CCCCO3)ccc2[C@H]2CC[C@]3(C)C(=CCO)CC[C@H]3[C@H]12. The van der Waals surface area contributed by atoms with Crippen LogP contribution in [0.25, 0.3) is 0 Å². The highest BCUT2D eigenvalue weighted by Crippen LogP contribution is 2.63. The standard InChI is InChI=1S/C26H36O3/c1-17-15-18-16-20(29-24-5-3-4-14-28-24)7-8-21(18)22-10-12-26(2)19(11-13-27)6-9-23(26)25(17)22/h7-8,11,16-17,22-25,27H,3-6,9-10,12-15H2,1-2H3/t17?,22-,23+,24?,25-,26-/m1/s1. The molecule has 1 aromatic rings. The zero-order valence-corrected chi connectivity index (χ0v) is 18.0. The van der Waals surface area contributed by atoms with Gasteiger partial charge in [0.15, 0.2) is 6.29 Å². The number of aliphatic hydroxyl groups is 1. The van der Waals surface area contributed by atoms with Gasteiger partial charge in [0, 0.05) is 6.42 Å². The summed E-state index contributed by atoms with van der Waals surface area (Å²) in [6, 6.07) is 6.85. The average Bonchev–Trinajstić information content (AvgIpc) is 3.05. The Bertz CT molecular complexity index is 778. The van der Waals surface area contributed by atoms with Crippen LogP contribution in [0.5, 0.6) is 5.75 Å². The molecule has 29 heavy (non-hydrogen) atoms. The van der Waals surface area contributed by atoms with Crippen molar-refractivity contribution in [3.63, 3.8) is 0 Å². The van der Waals surface area contributed by atoms with Gasteiger partial charge in [-0.05, 0) is 97.3 Å². The van der Waals surface area contributed by atoms with E-state index in [1.54, 1.807) is 5.56 Å². The highest BCUT2D eigenvalue weighted by molar-refractivity contribution is 5.42. The van der Waals surface area contributed by atoms with Crippen molar-refractivity contribution in [3.05, 3.63) is 41.0 Å². The molecule has 0 bridgehead atoms. The van der Waals surface area contributed by atoms with Gasteiger partial charge in [0.05, 0.1) is 13.2 Å². The zero-order chi connectivity index (χ0) is 20.0. The first-order valence-corrected chi connectivity index (χ1v) is 11.8. The van der Waals surface area contributed by atoms with E-state index in [1.165, 1.54) is 43.2 Å². The van der Waals surface area contributed by atoms with E-state index in [1.807, 2.05) is 0 Å². The molecule has 0 spiro atoms. The van der Waals surface area contributed by atoms with Gasteiger partial charge >= 0.3 is 0 Å². The van der Waals surface area contributed by atoms with Crippen molar-refractivity contribution in [2.45, 2.75) is 77.4 Å². The molecular formula is C26H36O3. The number of hydrogen-bond donors (Lipinski definition) is 1. The fourth-order valence-electron chi connectivity index (χ4n) is 7.28. The third kappa shape index (κ3) is 3.35. The molecule has 3 aliphatic carbocycles. The number of aliphatic hydroxyl groups excluding tert-OH is 1. The number of hydrogen-bond acceptors (Lipinski definition) is 3. The third-order valence-corrected chi connectivity index (χ3v) is 8.64. The van der Waals surface area contributed by atoms with Crippen LogP contribution in [0.15, 0.2) is 29.8 Å². The predicted molar refractivity (Wildman–Crippen MR) is 115 cm³/mol. The molecule has 0 amide bonds. The Balaban J connectivity index is 1.39. The van der Waals surface area contributed by atoms with Gasteiger partial charge in [-0.25, -0.2) is 0 Å². The fraction of sp³-hybridized carbons (Fsp3) is 0.692. The average molecular weight is 397 g/mol. The van der Waals surface area contributed by atoms with Crippen molar-refractivity contribution in [2.75, 3.05) is 13.2 Å². The molecule has 3 fully saturated rings. The van der Waals surface area contributed by atoms with E-state index in [9.17, 15) is 5.11 Å². The molecule has 1 heterocycles. The molecule has 1 aromatic carbocycles. The first-order chi connectivity index (χ1) is 14.1. The van der Waals surface area contributed by atoms with Crippen molar-refractivity contribution in [1.29, 1.82) is 0 Å². The summed E-state index contributed by atoms with van der Waals surface area (Å²) in [6.07, 6.45) is 11.5. The lowest BCUT2D eigenvalue weighted by molar-refractivity contribution is -0.105. The van der Waals surface area contributed by atoms with Crippen molar-refractivity contribution in [1.82, 2.24) is 0 Å². The lowest BCUT2D eigenvalue weighted by Crippen LogP contribution is -2.43. The van der Waals surface area contributed by atoms with Gasteiger partial charge in [-0.1, -0.05) is 31.6 Å². The Hall–Kier alpha value is -1.32. The van der Waals surface area contributed by atoms with Crippen LogP contribution in [-0.4, -0.2) is 24.6 Å². The number of rotatable bonds is 3. The third-order valence-electron chi connectivity index (χ3n) is 8.64. The van der Waals surface area contributed by atoms with Crippen LogP contribution >= 0.6 is 0 Å². The second-order valence-corrected chi connectivity index (χ2v) is 10.2. The predicted octanol–water partition coefficient (Wildman–Crippen LogP) is 5.61. The van der Waals surface area contributed by atoms with Crippen molar-refractivity contribution >= 4 is 0 Å². The second-order valence-electron chi connectivity index (χ2n) is 10.2. The van der Waals surface area contributed by atoms with Gasteiger partial charge in [-0.15, -0.1) is 0 Å². The van der Waals surface area contributed by atoms with E-state index in [0.717, 1.165) is 43.5 Å². The molecule has 1 aliphatic heterocycles. The number of benzene rings is 1. The van der Waals surface area contributed by atoms with E-state index in [-0.39, 0.29) is 12.9 Å². The van der Waals surface area contributed by atoms with Crippen LogP contribution in [0.4, 0.5) is 0 Å². The lowest BCUT2D eigenvalue weighted by Gasteiger charge is -2.52. The number of allylic oxidation sites excluding steroid dienone is 1. The summed E-state index contributed by atoms with van der Waals surface area (Å²) in [4.78, 5) is 0. The minimum absolute atomic E-state index is 0.0684. The molecule has 158 valence electrons. The van der Waals surface area contributed by atoms with Crippen LogP contribution in [0.2, 0.25) is 0 Å². The first kappa shape index (κ1) is 19.6. The maximum Gasteiger partial charge on any atom is 0.199 e. The molecule has 1 saturated heterocycles. The Labute approximate surface area is 175 Å². The maximum atomic E-state index is 9.49. The topological polar surface area (TPSA) is 38.7 Å². The Morgan fingerprint density at radius 2 is 2.14 bits per heavy atom. The Morgan fingerprint density at radius 3 is 2.93 bits per heavy atom. The summed E-state index contributed by atoms with van der Waals surface area (Å²) in [7, 11) is 0. The molecule has 5 rings (SSSR count). The molecule has 0 aromatic heterocycles. The number of fused-ring (bicyclic) bond motifs is 5. The van der Waals surface area contributed by atoms with Gasteiger partial charge in [0.25, 0.3) is 0 Å². The monoisotopic (exact) mass is 396 g/mol. The van der Waals surface area contributed by atoms with E-state index in [2.05, 4.69) is 38.1 Å². The molecule has 1 N–H and O–H groups in total. The van der Waals surface area contributed by atoms with E-state index in [4.69, 9.17) is 9.47 Å². The van der Waals surface area contributed by atoms with E-state index in [0.29, 0.717) is 17.3 Å². The zero-order valence-electron chi connectivity index (χ0n) is 18.0. The molecule has 6 atom stereocenters. The van der Waals surface area contributed by atoms with Crippen LogP contribution in [-0.2, 0) is 11.2 Å². The minimum atomic E-state index is -0.0684. The van der Waals surface area contributed by atoms with E-state index >= 15 is 0 Å². The molecule has 4 aliphatic rings. The molecule has 3 nitrogen and oxygen atoms in total. The number of ether oxygens (including phenoxy) is 2. The van der Waals surface area contributed by atoms with Crippen molar-refractivity contribution in [2.24, 2.45) is 23.2 Å². The van der Waals surface area contributed by atoms with Gasteiger partial charge in [-0.3, -0.25) is 0 Å². The van der Waals surface area contributed by atoms with Gasteiger partial charge in [0.1, 0.15) is 5.75 Å². The summed E-state index contributed by atoms with van der Waals surface area (Å²) >= 11 is 0. The van der Waals surface area contributed by atoms with Crippen LogP contribution in [0.3, 0.4) is 0 Å². The molecular weight excluding hydrogens is 360 g/mol. The molecule has 2 unspecified atom stereocenters. The summed E-state index contributed by atoms with van der Waals surface area (Å²) in [5.74, 6) is 3.89. The highest BCUT2D eigenvalue weighted by atomic mass is 16.7. The van der Waals surface area contributed by atoms with Crippen LogP contribution < -0.4 is 4.74 Å². The van der Waals surface area contributed by atoms with Crippen LogP contribution in [0.1, 0.15) is 75.8 Å². The Morgan fingerprint density at radius 1 is 1.24 bits per heavy atom. The smallest absolute Gasteiger partial charge is 0.199 e. The largest absolute Gasteiger partial charge is 0.465 e. The quantitative estimate of drug-likeness (QED) is 0.675. The maximum absolute atomic E-state index is 9.49. The molecule has 0 radical (unpaired) electrons. The van der Waals surface area contributed by atoms with Crippen molar-refractivity contribution < 1.29 is 14.6 Å². The Kier molecular flexibility index (Phi) is 5.24. The van der Waals surface area contributed by atoms with Crippen molar-refractivity contribution in [3.8, 4) is 5.75 Å². The lowest BCUT2D eigenvalue weighted by atomic mass is 9.52. The fourth-order valence-corrected chi connectivity index (χ4v) is 7.28. The summed E-state index contributed by atoms with van der Waals surface area (Å²) in [5, 5.41) is 9.49. The van der Waals surface area contributed by atoms with Crippen LogP contribution in [0, 0.1) is 23.2 Å². The highest BCUT2D eigenvalue weighted by Gasteiger charge is 2.54. The summed E-state index contributed by atoms with van der Waals surface area (Å²) < 4.78 is 11.9. The van der Waals surface area contributed by atoms with E-state index < -0.39 is 0 Å². The normalized spacial score (nSPS) is 40.2.